The van der Waals surface area contributed by atoms with Crippen molar-refractivity contribution >= 4 is 69.2 Å². The quantitative estimate of drug-likeness (QED) is 0.330. The smallest absolute Gasteiger partial charge is 0.0560 e. The van der Waals surface area contributed by atoms with Gasteiger partial charge in [0.05, 0.1) is 10.2 Å². The molecule has 0 aliphatic heterocycles. The largest absolute Gasteiger partial charge is 0.354 e. The van der Waals surface area contributed by atoms with Gasteiger partial charge in [0, 0.05) is 36.2 Å². The first-order valence-corrected chi connectivity index (χ1v) is 8.44. The summed E-state index contributed by atoms with van der Waals surface area (Å²) in [7, 11) is 0. The molecule has 0 aliphatic rings. The molecule has 100 valence electrons. The number of halogens is 1. The van der Waals surface area contributed by atoms with Crippen LogP contribution in [0.3, 0.4) is 0 Å². The zero-order valence-electron chi connectivity index (χ0n) is 11.0. The Morgan fingerprint density at radius 1 is 0.857 bits per heavy atom. The minimum atomic E-state index is 1.18. The number of para-hydroxylation sites is 1. The van der Waals surface area contributed by atoms with E-state index in [-0.39, 0.29) is 0 Å². The first-order valence-electron chi connectivity index (χ1n) is 6.83. The molecular formula is C18H10BrNS. The number of hydrogen-bond donors (Lipinski definition) is 1. The topological polar surface area (TPSA) is 15.8 Å². The van der Waals surface area contributed by atoms with Crippen molar-refractivity contribution in [1.82, 2.24) is 4.98 Å². The standard InChI is InChI=1S/C18H10BrNS/c19-13-9-12-10-5-1-3-7-14(10)20-17(12)16-11-6-2-4-8-15(11)21-18(13)16/h1-9,20H. The number of benzene rings is 3. The van der Waals surface area contributed by atoms with Gasteiger partial charge in [-0.1, -0.05) is 36.4 Å². The van der Waals surface area contributed by atoms with Crippen molar-refractivity contribution in [2.24, 2.45) is 0 Å². The van der Waals surface area contributed by atoms with E-state index in [0.29, 0.717) is 0 Å². The van der Waals surface area contributed by atoms with Crippen molar-refractivity contribution < 1.29 is 0 Å². The second-order valence-corrected chi connectivity index (χ2v) is 7.16. The zero-order valence-corrected chi connectivity index (χ0v) is 13.4. The molecule has 1 nitrogen and oxygen atoms in total. The van der Waals surface area contributed by atoms with E-state index >= 15 is 0 Å². The van der Waals surface area contributed by atoms with Crippen molar-refractivity contribution in [2.75, 3.05) is 0 Å². The van der Waals surface area contributed by atoms with E-state index in [2.05, 4.69) is 75.5 Å². The highest BCUT2D eigenvalue weighted by atomic mass is 79.9. The second-order valence-electron chi connectivity index (χ2n) is 5.25. The lowest BCUT2D eigenvalue weighted by atomic mass is 10.1. The maximum atomic E-state index is 3.76. The summed E-state index contributed by atoms with van der Waals surface area (Å²) in [5.41, 5.74) is 2.44. The summed E-state index contributed by atoms with van der Waals surface area (Å²) in [6.45, 7) is 0. The van der Waals surface area contributed by atoms with Gasteiger partial charge in [0.25, 0.3) is 0 Å². The maximum absolute atomic E-state index is 3.76. The Balaban J connectivity index is 2.17. The van der Waals surface area contributed by atoms with Gasteiger partial charge in [0.2, 0.25) is 0 Å². The monoisotopic (exact) mass is 351 g/mol. The van der Waals surface area contributed by atoms with Crippen LogP contribution in [0.5, 0.6) is 0 Å². The van der Waals surface area contributed by atoms with Crippen LogP contribution in [0, 0.1) is 0 Å². The Bertz CT molecular complexity index is 1150. The van der Waals surface area contributed by atoms with Gasteiger partial charge in [0.1, 0.15) is 0 Å². The van der Waals surface area contributed by atoms with Crippen LogP contribution < -0.4 is 0 Å². The van der Waals surface area contributed by atoms with E-state index in [4.69, 9.17) is 0 Å². The number of fused-ring (bicyclic) bond motifs is 7. The summed E-state index contributed by atoms with van der Waals surface area (Å²) in [4.78, 5) is 3.61. The van der Waals surface area contributed by atoms with E-state index in [1.54, 1.807) is 0 Å². The lowest BCUT2D eigenvalue weighted by molar-refractivity contribution is 1.57. The van der Waals surface area contributed by atoms with Crippen LogP contribution in [0.4, 0.5) is 0 Å². The molecule has 0 radical (unpaired) electrons. The molecule has 0 atom stereocenters. The fraction of sp³-hybridized carbons (Fsp3) is 0. The summed E-state index contributed by atoms with van der Waals surface area (Å²) in [5.74, 6) is 0. The summed E-state index contributed by atoms with van der Waals surface area (Å²) < 4.78 is 3.82. The van der Waals surface area contributed by atoms with Crippen LogP contribution in [0.25, 0.3) is 42.0 Å². The van der Waals surface area contributed by atoms with Crippen LogP contribution in [0.1, 0.15) is 0 Å². The second kappa shape index (κ2) is 4.09. The lowest BCUT2D eigenvalue weighted by Crippen LogP contribution is -1.73. The van der Waals surface area contributed by atoms with Crippen LogP contribution in [0.2, 0.25) is 0 Å². The highest BCUT2D eigenvalue weighted by Crippen LogP contribution is 2.43. The Kier molecular flexibility index (Phi) is 2.29. The maximum Gasteiger partial charge on any atom is 0.0560 e. The number of rotatable bonds is 0. The van der Waals surface area contributed by atoms with Crippen molar-refractivity contribution in [3.63, 3.8) is 0 Å². The molecule has 0 unspecified atom stereocenters. The molecule has 0 aliphatic carbocycles. The molecule has 2 aromatic heterocycles. The van der Waals surface area contributed by atoms with Crippen LogP contribution in [-0.2, 0) is 0 Å². The molecule has 0 saturated heterocycles. The molecule has 5 rings (SSSR count). The molecule has 3 aromatic carbocycles. The van der Waals surface area contributed by atoms with Crippen LogP contribution in [0.15, 0.2) is 59.1 Å². The van der Waals surface area contributed by atoms with Gasteiger partial charge in [0.15, 0.2) is 0 Å². The first kappa shape index (κ1) is 11.8. The van der Waals surface area contributed by atoms with Crippen molar-refractivity contribution in [3.8, 4) is 0 Å². The summed E-state index contributed by atoms with van der Waals surface area (Å²) >= 11 is 5.61. The van der Waals surface area contributed by atoms with Crippen molar-refractivity contribution in [3.05, 3.63) is 59.1 Å². The SMILES string of the molecule is Brc1cc2c3ccccc3[nH]c2c2c1sc1ccccc12. The zero-order chi connectivity index (χ0) is 14.0. The number of aromatic nitrogens is 1. The van der Waals surface area contributed by atoms with Crippen molar-refractivity contribution in [2.45, 2.75) is 0 Å². The third-order valence-corrected chi connectivity index (χ3v) is 6.17. The first-order chi connectivity index (χ1) is 10.3. The van der Waals surface area contributed by atoms with Gasteiger partial charge >= 0.3 is 0 Å². The highest BCUT2D eigenvalue weighted by Gasteiger charge is 2.14. The van der Waals surface area contributed by atoms with Crippen LogP contribution >= 0.6 is 27.3 Å². The Labute approximate surface area is 133 Å². The number of aromatic amines is 1. The lowest BCUT2D eigenvalue weighted by Gasteiger charge is -1.98. The molecule has 1 N–H and O–H groups in total. The summed E-state index contributed by atoms with van der Waals surface area (Å²) in [6.07, 6.45) is 0. The van der Waals surface area contributed by atoms with Gasteiger partial charge in [-0.3, -0.25) is 0 Å². The molecule has 5 aromatic rings. The fourth-order valence-corrected chi connectivity index (χ4v) is 4.95. The van der Waals surface area contributed by atoms with Gasteiger partial charge in [-0.05, 0) is 34.1 Å². The molecule has 2 heterocycles. The molecule has 0 saturated carbocycles. The Morgan fingerprint density at radius 3 is 2.52 bits per heavy atom. The van der Waals surface area contributed by atoms with E-state index in [1.165, 1.54) is 46.5 Å². The molecule has 3 heteroatoms. The van der Waals surface area contributed by atoms with E-state index in [9.17, 15) is 0 Å². The molecule has 21 heavy (non-hydrogen) atoms. The number of nitrogens with one attached hydrogen (secondary N) is 1. The Hall–Kier alpha value is -1.84. The van der Waals surface area contributed by atoms with Crippen molar-refractivity contribution in [1.29, 1.82) is 0 Å². The predicted octanol–water partition coefficient (Wildman–Crippen LogP) is 6.45. The predicted molar refractivity (Wildman–Crippen MR) is 96.4 cm³/mol. The third-order valence-electron chi connectivity index (χ3n) is 4.08. The summed E-state index contributed by atoms with van der Waals surface area (Å²) in [6, 6.07) is 19.4. The van der Waals surface area contributed by atoms with E-state index in [0.717, 1.165) is 0 Å². The molecular weight excluding hydrogens is 342 g/mol. The minimum Gasteiger partial charge on any atom is -0.354 e. The minimum absolute atomic E-state index is 1.18. The average molecular weight is 352 g/mol. The van der Waals surface area contributed by atoms with E-state index in [1.807, 2.05) is 11.3 Å². The third kappa shape index (κ3) is 1.50. The van der Waals surface area contributed by atoms with Gasteiger partial charge in [-0.15, -0.1) is 11.3 Å². The number of thiophene rings is 1. The number of H-pyrrole nitrogens is 1. The normalized spacial score (nSPS) is 12.0. The van der Waals surface area contributed by atoms with E-state index < -0.39 is 0 Å². The Morgan fingerprint density at radius 2 is 1.62 bits per heavy atom. The molecule has 0 spiro atoms. The summed E-state index contributed by atoms with van der Waals surface area (Å²) in [5, 5.41) is 5.23. The van der Waals surface area contributed by atoms with Gasteiger partial charge < -0.3 is 4.98 Å². The number of hydrogen-bond acceptors (Lipinski definition) is 1. The highest BCUT2D eigenvalue weighted by molar-refractivity contribution is 9.10. The van der Waals surface area contributed by atoms with Gasteiger partial charge in [-0.25, -0.2) is 0 Å². The van der Waals surface area contributed by atoms with Crippen LogP contribution in [-0.4, -0.2) is 4.98 Å². The molecule has 0 bridgehead atoms. The fourth-order valence-electron chi connectivity index (χ4n) is 3.16. The molecule has 0 fully saturated rings. The molecule has 0 amide bonds. The average Bonchev–Trinajstić information content (AvgIpc) is 3.06. The van der Waals surface area contributed by atoms with Gasteiger partial charge in [-0.2, -0.15) is 0 Å².